The van der Waals surface area contributed by atoms with E-state index in [2.05, 4.69) is 56.2 Å². The molecule has 1 aliphatic heterocycles. The zero-order chi connectivity index (χ0) is 22.2. The number of nitrogens with zero attached hydrogens (tertiary/aromatic N) is 4. The molecule has 0 radical (unpaired) electrons. The Morgan fingerprint density at radius 2 is 1.73 bits per heavy atom. The maximum absolute atomic E-state index is 12.0. The van der Waals surface area contributed by atoms with Crippen molar-refractivity contribution >= 4 is 22.6 Å². The van der Waals surface area contributed by atoms with Crippen LogP contribution in [0.2, 0.25) is 0 Å². The molecule has 6 nitrogen and oxygen atoms in total. The molecule has 1 saturated heterocycles. The number of aromatic amines is 1. The van der Waals surface area contributed by atoms with Crippen molar-refractivity contribution in [3.05, 3.63) is 91.3 Å². The van der Waals surface area contributed by atoms with E-state index in [0.717, 1.165) is 57.8 Å². The third-order valence-corrected chi connectivity index (χ3v) is 6.18. The number of imidazole rings is 1. The van der Waals surface area contributed by atoms with E-state index >= 15 is 0 Å². The van der Waals surface area contributed by atoms with Gasteiger partial charge in [0.25, 0.3) is 0 Å². The number of hydrogen-bond acceptors (Lipinski definition) is 3. The molecule has 5 aromatic rings. The lowest BCUT2D eigenvalue weighted by molar-refractivity contribution is -0.117. The molecule has 3 aromatic heterocycles. The van der Waals surface area contributed by atoms with E-state index in [1.807, 2.05) is 53.7 Å². The van der Waals surface area contributed by atoms with Gasteiger partial charge in [-0.3, -0.25) is 9.78 Å². The standard InChI is InChI=1S/C27H23N5O/c33-27-6-3-12-32(27)23-9-7-19(8-10-23)21-14-22(16-28-15-21)20-11-13-31(17-20)18-26-29-24-4-1-2-5-25(24)30-26/h1-2,4-5,7-11,13-17H,3,6,12,18H2,(H,29,30). The molecule has 0 aliphatic carbocycles. The fourth-order valence-electron chi connectivity index (χ4n) is 4.47. The van der Waals surface area contributed by atoms with Gasteiger partial charge in [-0.05, 0) is 48.4 Å². The molecule has 0 spiro atoms. The summed E-state index contributed by atoms with van der Waals surface area (Å²) in [6, 6.07) is 20.5. The third kappa shape index (κ3) is 3.80. The first-order valence-electron chi connectivity index (χ1n) is 11.2. The summed E-state index contributed by atoms with van der Waals surface area (Å²) in [7, 11) is 0. The largest absolute Gasteiger partial charge is 0.346 e. The summed E-state index contributed by atoms with van der Waals surface area (Å²) >= 11 is 0. The monoisotopic (exact) mass is 433 g/mol. The zero-order valence-corrected chi connectivity index (χ0v) is 18.1. The molecule has 1 N–H and O–H groups in total. The van der Waals surface area contributed by atoms with E-state index in [0.29, 0.717) is 13.0 Å². The second kappa shape index (κ2) is 8.06. The van der Waals surface area contributed by atoms with Gasteiger partial charge in [0, 0.05) is 60.1 Å². The van der Waals surface area contributed by atoms with Crippen molar-refractivity contribution in [1.82, 2.24) is 19.5 Å². The molecule has 6 rings (SSSR count). The van der Waals surface area contributed by atoms with Crippen molar-refractivity contribution < 1.29 is 4.79 Å². The molecular weight excluding hydrogens is 410 g/mol. The lowest BCUT2D eigenvalue weighted by Crippen LogP contribution is -2.23. The van der Waals surface area contributed by atoms with Crippen LogP contribution < -0.4 is 4.90 Å². The van der Waals surface area contributed by atoms with Gasteiger partial charge in [-0.1, -0.05) is 24.3 Å². The molecule has 4 heterocycles. The van der Waals surface area contributed by atoms with Crippen LogP contribution >= 0.6 is 0 Å². The highest BCUT2D eigenvalue weighted by molar-refractivity contribution is 5.95. The van der Waals surface area contributed by atoms with E-state index in [1.54, 1.807) is 0 Å². The molecule has 0 atom stereocenters. The van der Waals surface area contributed by atoms with Crippen LogP contribution in [0.5, 0.6) is 0 Å². The molecule has 1 aliphatic rings. The first kappa shape index (κ1) is 19.5. The summed E-state index contributed by atoms with van der Waals surface area (Å²) in [5.74, 6) is 1.14. The Bertz CT molecular complexity index is 1410. The molecule has 0 saturated carbocycles. The van der Waals surface area contributed by atoms with Gasteiger partial charge in [0.2, 0.25) is 5.91 Å². The number of hydrogen-bond donors (Lipinski definition) is 1. The van der Waals surface area contributed by atoms with Gasteiger partial charge < -0.3 is 14.5 Å². The number of H-pyrrole nitrogens is 1. The second-order valence-electron chi connectivity index (χ2n) is 8.43. The smallest absolute Gasteiger partial charge is 0.227 e. The van der Waals surface area contributed by atoms with Gasteiger partial charge >= 0.3 is 0 Å². The van der Waals surface area contributed by atoms with E-state index < -0.39 is 0 Å². The molecule has 1 amide bonds. The van der Waals surface area contributed by atoms with Crippen LogP contribution in [0.25, 0.3) is 33.3 Å². The highest BCUT2D eigenvalue weighted by atomic mass is 16.2. The van der Waals surface area contributed by atoms with Crippen LogP contribution in [0.1, 0.15) is 18.7 Å². The molecule has 162 valence electrons. The SMILES string of the molecule is O=C1CCCN1c1ccc(-c2cncc(-c3ccn(Cc4nc5ccccc5[nH]4)c3)c2)cc1. The minimum Gasteiger partial charge on any atom is -0.346 e. The molecule has 1 fully saturated rings. The number of carbonyl (C=O) groups excluding carboxylic acids is 1. The average molecular weight is 434 g/mol. The number of amides is 1. The summed E-state index contributed by atoms with van der Waals surface area (Å²) < 4.78 is 2.13. The van der Waals surface area contributed by atoms with Crippen molar-refractivity contribution in [2.75, 3.05) is 11.4 Å². The van der Waals surface area contributed by atoms with Gasteiger partial charge in [-0.25, -0.2) is 4.98 Å². The van der Waals surface area contributed by atoms with Gasteiger partial charge in [0.1, 0.15) is 5.82 Å². The van der Waals surface area contributed by atoms with Crippen molar-refractivity contribution in [3.63, 3.8) is 0 Å². The lowest BCUT2D eigenvalue weighted by atomic mass is 10.0. The van der Waals surface area contributed by atoms with Gasteiger partial charge in [0.05, 0.1) is 17.6 Å². The predicted octanol–water partition coefficient (Wildman–Crippen LogP) is 5.27. The Balaban J connectivity index is 1.22. The first-order valence-corrected chi connectivity index (χ1v) is 11.2. The van der Waals surface area contributed by atoms with E-state index in [4.69, 9.17) is 0 Å². The second-order valence-corrected chi connectivity index (χ2v) is 8.43. The Morgan fingerprint density at radius 3 is 2.52 bits per heavy atom. The minimum absolute atomic E-state index is 0.207. The van der Waals surface area contributed by atoms with Crippen molar-refractivity contribution in [3.8, 4) is 22.3 Å². The molecular formula is C27H23N5O. The summed E-state index contributed by atoms with van der Waals surface area (Å²) in [5, 5.41) is 0. The molecule has 0 unspecified atom stereocenters. The molecule has 6 heteroatoms. The quantitative estimate of drug-likeness (QED) is 0.411. The average Bonchev–Trinajstić information content (AvgIpc) is 3.59. The fourth-order valence-corrected chi connectivity index (χ4v) is 4.47. The molecule has 0 bridgehead atoms. The maximum atomic E-state index is 12.0. The number of nitrogens with one attached hydrogen (secondary N) is 1. The minimum atomic E-state index is 0.207. The number of para-hydroxylation sites is 2. The highest BCUT2D eigenvalue weighted by Crippen LogP contribution is 2.28. The van der Waals surface area contributed by atoms with Gasteiger partial charge in [0.15, 0.2) is 0 Å². The van der Waals surface area contributed by atoms with E-state index in [-0.39, 0.29) is 5.91 Å². The van der Waals surface area contributed by atoms with E-state index in [9.17, 15) is 4.79 Å². The third-order valence-electron chi connectivity index (χ3n) is 6.18. The van der Waals surface area contributed by atoms with Crippen LogP contribution in [-0.4, -0.2) is 32.0 Å². The van der Waals surface area contributed by atoms with E-state index in [1.165, 1.54) is 0 Å². The van der Waals surface area contributed by atoms with Crippen molar-refractivity contribution in [1.29, 1.82) is 0 Å². The Labute approximate surface area is 191 Å². The highest BCUT2D eigenvalue weighted by Gasteiger charge is 2.21. The summed E-state index contributed by atoms with van der Waals surface area (Å²) in [6.07, 6.45) is 9.53. The maximum Gasteiger partial charge on any atom is 0.227 e. The number of aromatic nitrogens is 4. The number of pyridine rings is 1. The predicted molar refractivity (Wildman–Crippen MR) is 130 cm³/mol. The van der Waals surface area contributed by atoms with Crippen molar-refractivity contribution in [2.45, 2.75) is 19.4 Å². The number of rotatable bonds is 5. The Kier molecular flexibility index (Phi) is 4.76. The lowest BCUT2D eigenvalue weighted by Gasteiger charge is -2.16. The van der Waals surface area contributed by atoms with Crippen LogP contribution in [-0.2, 0) is 11.3 Å². The Morgan fingerprint density at radius 1 is 0.909 bits per heavy atom. The number of anilines is 1. The summed E-state index contributed by atoms with van der Waals surface area (Å²) in [5.41, 5.74) is 7.31. The summed E-state index contributed by atoms with van der Waals surface area (Å²) in [6.45, 7) is 1.48. The normalized spacial score (nSPS) is 13.8. The van der Waals surface area contributed by atoms with Crippen LogP contribution in [0.4, 0.5) is 5.69 Å². The van der Waals surface area contributed by atoms with Crippen LogP contribution in [0.15, 0.2) is 85.5 Å². The summed E-state index contributed by atoms with van der Waals surface area (Å²) in [4.78, 5) is 26.4. The fraction of sp³-hybridized carbons (Fsp3) is 0.148. The Hall–Kier alpha value is -4.19. The first-order chi connectivity index (χ1) is 16.2. The number of fused-ring (bicyclic) bond motifs is 1. The van der Waals surface area contributed by atoms with Crippen molar-refractivity contribution in [2.24, 2.45) is 0 Å². The number of benzene rings is 2. The van der Waals surface area contributed by atoms with Crippen LogP contribution in [0.3, 0.4) is 0 Å². The molecule has 2 aromatic carbocycles. The van der Waals surface area contributed by atoms with Crippen LogP contribution in [0, 0.1) is 0 Å². The number of carbonyl (C=O) groups is 1. The van der Waals surface area contributed by atoms with Gasteiger partial charge in [-0.2, -0.15) is 0 Å². The zero-order valence-electron chi connectivity index (χ0n) is 18.1. The molecule has 33 heavy (non-hydrogen) atoms. The topological polar surface area (TPSA) is 66.8 Å². The van der Waals surface area contributed by atoms with Gasteiger partial charge in [-0.15, -0.1) is 0 Å².